The molecule has 0 radical (unpaired) electrons. The number of hydrogen-bond donors (Lipinski definition) is 2. The largest absolute Gasteiger partial charge is 0.497 e. The van der Waals surface area contributed by atoms with Crippen LogP contribution in [0.15, 0.2) is 24.3 Å². The Morgan fingerprint density at radius 2 is 2.00 bits per heavy atom. The lowest BCUT2D eigenvalue weighted by Crippen LogP contribution is -2.43. The first-order valence-electron chi connectivity index (χ1n) is 5.77. The maximum atomic E-state index is 11.6. The molecule has 0 spiro atoms. The van der Waals surface area contributed by atoms with Gasteiger partial charge in [0.1, 0.15) is 5.75 Å². The molecule has 0 saturated carbocycles. The highest BCUT2D eigenvalue weighted by molar-refractivity contribution is 5.98. The second-order valence-electron chi connectivity index (χ2n) is 4.28. The molecule has 2 unspecified atom stereocenters. The van der Waals surface area contributed by atoms with E-state index in [0.29, 0.717) is 17.7 Å². The van der Waals surface area contributed by atoms with Crippen molar-refractivity contribution in [3.05, 3.63) is 29.8 Å². The van der Waals surface area contributed by atoms with Crippen LogP contribution in [0.1, 0.15) is 24.5 Å². The van der Waals surface area contributed by atoms with Gasteiger partial charge in [0.15, 0.2) is 0 Å². The lowest BCUT2D eigenvalue weighted by atomic mass is 9.88. The van der Waals surface area contributed by atoms with Gasteiger partial charge >= 0.3 is 0 Å². The molecule has 2 atom stereocenters. The number of piperidine rings is 1. The van der Waals surface area contributed by atoms with Crippen LogP contribution in [-0.2, 0) is 9.59 Å². The van der Waals surface area contributed by atoms with Gasteiger partial charge in [-0.25, -0.2) is 0 Å². The lowest BCUT2D eigenvalue weighted by molar-refractivity contribution is -0.139. The molecular weight excluding hydrogens is 234 g/mol. The van der Waals surface area contributed by atoms with Crippen LogP contribution in [0.2, 0.25) is 0 Å². The van der Waals surface area contributed by atoms with Gasteiger partial charge in [-0.3, -0.25) is 14.9 Å². The fourth-order valence-electron chi connectivity index (χ4n) is 2.04. The summed E-state index contributed by atoms with van der Waals surface area (Å²) in [4.78, 5) is 22.7. The number of hydrogen-bond acceptors (Lipinski definition) is 4. The van der Waals surface area contributed by atoms with E-state index in [-0.39, 0.29) is 12.3 Å². The zero-order valence-corrected chi connectivity index (χ0v) is 10.1. The average Bonchev–Trinajstić information content (AvgIpc) is 2.38. The van der Waals surface area contributed by atoms with Crippen molar-refractivity contribution in [1.29, 1.82) is 0 Å². The molecule has 5 nitrogen and oxygen atoms in total. The number of methoxy groups -OCH3 is 1. The van der Waals surface area contributed by atoms with Crippen molar-refractivity contribution in [2.45, 2.75) is 18.9 Å². The van der Waals surface area contributed by atoms with E-state index in [1.165, 1.54) is 0 Å². The van der Waals surface area contributed by atoms with Gasteiger partial charge in [-0.05, 0) is 24.1 Å². The molecule has 0 aromatic heterocycles. The number of imide groups is 1. The SMILES string of the molecule is COc1ccc(C(O)C2CCC(=O)NC2=O)cc1. The molecule has 2 amide bonds. The first-order chi connectivity index (χ1) is 8.61. The molecule has 0 bridgehead atoms. The third kappa shape index (κ3) is 2.51. The lowest BCUT2D eigenvalue weighted by Gasteiger charge is -2.25. The Morgan fingerprint density at radius 3 is 2.56 bits per heavy atom. The van der Waals surface area contributed by atoms with Crippen molar-refractivity contribution < 1.29 is 19.4 Å². The molecule has 1 aliphatic heterocycles. The maximum absolute atomic E-state index is 11.6. The third-order valence-electron chi connectivity index (χ3n) is 3.12. The molecule has 5 heteroatoms. The molecule has 1 heterocycles. The molecule has 2 rings (SSSR count). The molecule has 96 valence electrons. The standard InChI is InChI=1S/C13H15NO4/c1-18-9-4-2-8(3-5-9)12(16)10-6-7-11(15)14-13(10)17/h2-5,10,12,16H,6-7H2,1H3,(H,14,15,17). The van der Waals surface area contributed by atoms with Crippen molar-refractivity contribution in [1.82, 2.24) is 5.32 Å². The first kappa shape index (κ1) is 12.6. The molecule has 1 aromatic rings. The summed E-state index contributed by atoms with van der Waals surface area (Å²) in [6.45, 7) is 0. The van der Waals surface area contributed by atoms with E-state index >= 15 is 0 Å². The Hall–Kier alpha value is -1.88. The molecule has 1 fully saturated rings. The predicted octanol–water partition coefficient (Wildman–Crippen LogP) is 0.781. The molecule has 1 saturated heterocycles. The van der Waals surface area contributed by atoms with E-state index in [1.807, 2.05) is 0 Å². The van der Waals surface area contributed by atoms with Gasteiger partial charge < -0.3 is 9.84 Å². The minimum atomic E-state index is -0.899. The van der Waals surface area contributed by atoms with Gasteiger partial charge in [0.2, 0.25) is 11.8 Å². The highest BCUT2D eigenvalue weighted by Crippen LogP contribution is 2.29. The average molecular weight is 249 g/mol. The minimum absolute atomic E-state index is 0.267. The Kier molecular flexibility index (Phi) is 3.62. The van der Waals surface area contributed by atoms with E-state index < -0.39 is 17.9 Å². The third-order valence-corrected chi connectivity index (χ3v) is 3.12. The summed E-state index contributed by atoms with van der Waals surface area (Å²) in [7, 11) is 1.56. The second kappa shape index (κ2) is 5.18. The summed E-state index contributed by atoms with van der Waals surface area (Å²) in [6.07, 6.45) is -0.259. The van der Waals surface area contributed by atoms with Gasteiger partial charge in [-0.1, -0.05) is 12.1 Å². The number of rotatable bonds is 3. The summed E-state index contributed by atoms with van der Waals surface area (Å²) in [5.41, 5.74) is 0.644. The smallest absolute Gasteiger partial charge is 0.232 e. The zero-order valence-electron chi connectivity index (χ0n) is 10.1. The Morgan fingerprint density at radius 1 is 1.33 bits per heavy atom. The van der Waals surface area contributed by atoms with Crippen molar-refractivity contribution >= 4 is 11.8 Å². The van der Waals surface area contributed by atoms with Crippen LogP contribution in [0.25, 0.3) is 0 Å². The molecule has 18 heavy (non-hydrogen) atoms. The Bertz CT molecular complexity index is 455. The summed E-state index contributed by atoms with van der Waals surface area (Å²) in [6, 6.07) is 6.88. The van der Waals surface area contributed by atoms with E-state index in [1.54, 1.807) is 31.4 Å². The minimum Gasteiger partial charge on any atom is -0.497 e. The highest BCUT2D eigenvalue weighted by atomic mass is 16.5. The van der Waals surface area contributed by atoms with Gasteiger partial charge in [-0.15, -0.1) is 0 Å². The topological polar surface area (TPSA) is 75.6 Å². The molecule has 2 N–H and O–H groups in total. The maximum Gasteiger partial charge on any atom is 0.232 e. The summed E-state index contributed by atoms with van der Waals surface area (Å²) >= 11 is 0. The number of benzene rings is 1. The van der Waals surface area contributed by atoms with Gasteiger partial charge in [0.25, 0.3) is 0 Å². The van der Waals surface area contributed by atoms with E-state index in [9.17, 15) is 14.7 Å². The number of aliphatic hydroxyl groups excluding tert-OH is 1. The summed E-state index contributed by atoms with van der Waals surface area (Å²) < 4.78 is 5.02. The molecule has 1 aliphatic rings. The monoisotopic (exact) mass is 249 g/mol. The number of carbonyl (C=O) groups is 2. The number of amides is 2. The van der Waals surface area contributed by atoms with E-state index in [0.717, 1.165) is 0 Å². The van der Waals surface area contributed by atoms with Crippen LogP contribution in [0.3, 0.4) is 0 Å². The molecule has 0 aliphatic carbocycles. The van der Waals surface area contributed by atoms with Crippen molar-refractivity contribution in [3.63, 3.8) is 0 Å². The van der Waals surface area contributed by atoms with Crippen molar-refractivity contribution in [2.24, 2.45) is 5.92 Å². The fourth-order valence-corrected chi connectivity index (χ4v) is 2.04. The number of nitrogens with one attached hydrogen (secondary N) is 1. The van der Waals surface area contributed by atoms with E-state index in [4.69, 9.17) is 4.74 Å². The van der Waals surface area contributed by atoms with Gasteiger partial charge in [0.05, 0.1) is 19.1 Å². The van der Waals surface area contributed by atoms with E-state index in [2.05, 4.69) is 5.32 Å². The number of carbonyl (C=O) groups excluding carboxylic acids is 2. The quantitative estimate of drug-likeness (QED) is 0.776. The van der Waals surface area contributed by atoms with Crippen LogP contribution in [0.5, 0.6) is 5.75 Å². The van der Waals surface area contributed by atoms with Crippen LogP contribution < -0.4 is 10.1 Å². The van der Waals surface area contributed by atoms with Crippen LogP contribution in [-0.4, -0.2) is 24.0 Å². The number of ether oxygens (including phenoxy) is 1. The fraction of sp³-hybridized carbons (Fsp3) is 0.385. The van der Waals surface area contributed by atoms with Crippen molar-refractivity contribution in [2.75, 3.05) is 7.11 Å². The molecular formula is C13H15NO4. The first-order valence-corrected chi connectivity index (χ1v) is 5.77. The van der Waals surface area contributed by atoms with Gasteiger partial charge in [-0.2, -0.15) is 0 Å². The number of aliphatic hydroxyl groups is 1. The van der Waals surface area contributed by atoms with Crippen LogP contribution in [0.4, 0.5) is 0 Å². The van der Waals surface area contributed by atoms with Crippen LogP contribution >= 0.6 is 0 Å². The zero-order chi connectivity index (χ0) is 13.1. The predicted molar refractivity (Wildman–Crippen MR) is 63.8 cm³/mol. The normalized spacial score (nSPS) is 21.3. The van der Waals surface area contributed by atoms with Crippen molar-refractivity contribution in [3.8, 4) is 5.75 Å². The highest BCUT2D eigenvalue weighted by Gasteiger charge is 2.33. The Labute approximate surface area is 105 Å². The Balaban J connectivity index is 2.12. The van der Waals surface area contributed by atoms with Gasteiger partial charge in [0, 0.05) is 6.42 Å². The summed E-state index contributed by atoms with van der Waals surface area (Å²) in [5, 5.41) is 12.4. The summed E-state index contributed by atoms with van der Waals surface area (Å²) in [5.74, 6) is -0.571. The molecule has 1 aromatic carbocycles. The van der Waals surface area contributed by atoms with Crippen LogP contribution in [0, 0.1) is 5.92 Å². The second-order valence-corrected chi connectivity index (χ2v) is 4.28.